The Hall–Kier alpha value is -1.15. The van der Waals surface area contributed by atoms with E-state index in [1.807, 2.05) is 6.92 Å². The first-order valence-corrected chi connectivity index (χ1v) is 9.10. The molecule has 0 spiro atoms. The Morgan fingerprint density at radius 2 is 2.14 bits per heavy atom. The van der Waals surface area contributed by atoms with E-state index in [4.69, 9.17) is 11.6 Å². The number of nitrogens with one attached hydrogen (secondary N) is 2. The number of nitrogens with zero attached hydrogens (tertiary/aromatic N) is 1. The smallest absolute Gasteiger partial charge is 0.263 e. The highest BCUT2D eigenvalue weighted by Crippen LogP contribution is 2.26. The summed E-state index contributed by atoms with van der Waals surface area (Å²) in [7, 11) is -3.70. The lowest BCUT2D eigenvalue weighted by atomic mass is 10.1. The van der Waals surface area contributed by atoms with Crippen LogP contribution in [0.1, 0.15) is 18.1 Å². The summed E-state index contributed by atoms with van der Waals surface area (Å²) in [5, 5.41) is 5.61. The molecule has 0 bridgehead atoms. The van der Waals surface area contributed by atoms with Gasteiger partial charge in [0.05, 0.1) is 4.90 Å². The molecule has 1 heterocycles. The third-order valence-electron chi connectivity index (χ3n) is 2.94. The second-order valence-corrected chi connectivity index (χ2v) is 7.39. The Kier molecular flexibility index (Phi) is 5.21. The summed E-state index contributed by atoms with van der Waals surface area (Å²) in [5.41, 5.74) is 1.55. The molecule has 21 heavy (non-hydrogen) atoms. The first-order chi connectivity index (χ1) is 9.94. The molecule has 0 saturated carbocycles. The van der Waals surface area contributed by atoms with Crippen LogP contribution in [0.3, 0.4) is 0 Å². The van der Waals surface area contributed by atoms with Gasteiger partial charge in [0.15, 0.2) is 5.13 Å². The molecule has 0 atom stereocenters. The van der Waals surface area contributed by atoms with Crippen LogP contribution in [-0.4, -0.2) is 19.9 Å². The van der Waals surface area contributed by atoms with E-state index >= 15 is 0 Å². The van der Waals surface area contributed by atoms with Gasteiger partial charge < -0.3 is 5.32 Å². The molecule has 114 valence electrons. The minimum atomic E-state index is -3.70. The summed E-state index contributed by atoms with van der Waals surface area (Å²) in [5.74, 6) is 0. The van der Waals surface area contributed by atoms with Gasteiger partial charge in [0, 0.05) is 23.1 Å². The first kappa shape index (κ1) is 16.2. The number of thiazole rings is 1. The maximum absolute atomic E-state index is 12.5. The average molecular weight is 346 g/mol. The van der Waals surface area contributed by atoms with Gasteiger partial charge in [-0.05, 0) is 36.7 Å². The fraction of sp³-hybridized carbons (Fsp3) is 0.308. The van der Waals surface area contributed by atoms with Crippen molar-refractivity contribution in [2.75, 3.05) is 11.3 Å². The monoisotopic (exact) mass is 345 g/mol. The SMILES string of the molecule is CCNCc1cc(Cl)cc(S(=O)(=O)Nc2nccs2)c1C. The molecule has 0 unspecified atom stereocenters. The predicted molar refractivity (Wildman–Crippen MR) is 86.5 cm³/mol. The van der Waals surface area contributed by atoms with Gasteiger partial charge in [0.1, 0.15) is 0 Å². The lowest BCUT2D eigenvalue weighted by Crippen LogP contribution is -2.17. The maximum atomic E-state index is 12.5. The van der Waals surface area contributed by atoms with Crippen LogP contribution in [0, 0.1) is 6.92 Å². The molecule has 0 aliphatic heterocycles. The van der Waals surface area contributed by atoms with Crippen molar-refractivity contribution in [2.24, 2.45) is 0 Å². The third kappa shape index (κ3) is 3.94. The summed E-state index contributed by atoms with van der Waals surface area (Å²) < 4.78 is 27.4. The Bertz CT molecular complexity index is 715. The minimum Gasteiger partial charge on any atom is -0.313 e. The fourth-order valence-electron chi connectivity index (χ4n) is 1.87. The second kappa shape index (κ2) is 6.74. The molecule has 0 aliphatic rings. The van der Waals surface area contributed by atoms with Crippen molar-refractivity contribution in [2.45, 2.75) is 25.3 Å². The molecule has 2 rings (SSSR count). The first-order valence-electron chi connectivity index (χ1n) is 6.36. The van der Waals surface area contributed by atoms with Gasteiger partial charge in [-0.25, -0.2) is 13.4 Å². The average Bonchev–Trinajstić information content (AvgIpc) is 2.91. The molecule has 2 N–H and O–H groups in total. The Labute approximate surface area is 133 Å². The van der Waals surface area contributed by atoms with Crippen LogP contribution < -0.4 is 10.0 Å². The minimum absolute atomic E-state index is 0.179. The van der Waals surface area contributed by atoms with Gasteiger partial charge in [-0.2, -0.15) is 0 Å². The van der Waals surface area contributed by atoms with E-state index in [1.54, 1.807) is 24.6 Å². The van der Waals surface area contributed by atoms with Crippen LogP contribution in [-0.2, 0) is 16.6 Å². The zero-order valence-corrected chi connectivity index (χ0v) is 14.1. The van der Waals surface area contributed by atoms with Crippen LogP contribution in [0.25, 0.3) is 0 Å². The van der Waals surface area contributed by atoms with E-state index in [-0.39, 0.29) is 4.90 Å². The van der Waals surface area contributed by atoms with Crippen LogP contribution in [0.5, 0.6) is 0 Å². The summed E-state index contributed by atoms with van der Waals surface area (Å²) in [4.78, 5) is 4.11. The molecule has 0 aliphatic carbocycles. The van der Waals surface area contributed by atoms with Crippen molar-refractivity contribution < 1.29 is 8.42 Å². The molecule has 8 heteroatoms. The zero-order valence-electron chi connectivity index (χ0n) is 11.7. The van der Waals surface area contributed by atoms with Gasteiger partial charge in [0.2, 0.25) is 0 Å². The molecule has 0 saturated heterocycles. The molecule has 2 aromatic rings. The standard InChI is InChI=1S/C13H16ClN3O2S2/c1-3-15-8-10-6-11(14)7-12(9(10)2)21(18,19)17-13-16-4-5-20-13/h4-7,15H,3,8H2,1-2H3,(H,16,17). The van der Waals surface area contributed by atoms with Crippen LogP contribution in [0.4, 0.5) is 5.13 Å². The molecule has 0 amide bonds. The van der Waals surface area contributed by atoms with Crippen molar-refractivity contribution in [1.82, 2.24) is 10.3 Å². The molecule has 1 aromatic carbocycles. The number of anilines is 1. The lowest BCUT2D eigenvalue weighted by Gasteiger charge is -2.13. The van der Waals surface area contributed by atoms with E-state index < -0.39 is 10.0 Å². The summed E-state index contributed by atoms with van der Waals surface area (Å²) in [6.45, 7) is 5.13. The lowest BCUT2D eigenvalue weighted by molar-refractivity contribution is 0.600. The highest BCUT2D eigenvalue weighted by molar-refractivity contribution is 7.93. The van der Waals surface area contributed by atoms with E-state index in [0.717, 1.165) is 12.1 Å². The van der Waals surface area contributed by atoms with Crippen molar-refractivity contribution >= 4 is 38.1 Å². The number of aromatic nitrogens is 1. The normalized spacial score (nSPS) is 11.6. The number of rotatable bonds is 6. The molecule has 1 aromatic heterocycles. The molecular weight excluding hydrogens is 330 g/mol. The van der Waals surface area contributed by atoms with Crippen molar-refractivity contribution in [3.63, 3.8) is 0 Å². The number of sulfonamides is 1. The summed E-state index contributed by atoms with van der Waals surface area (Å²) in [6.07, 6.45) is 1.55. The fourth-order valence-corrected chi connectivity index (χ4v) is 4.28. The van der Waals surface area contributed by atoms with Crippen molar-refractivity contribution in [3.8, 4) is 0 Å². The number of halogens is 1. The Morgan fingerprint density at radius 1 is 1.38 bits per heavy atom. The molecule has 5 nitrogen and oxygen atoms in total. The molecular formula is C13H16ClN3O2S2. The maximum Gasteiger partial charge on any atom is 0.263 e. The topological polar surface area (TPSA) is 71.1 Å². The highest BCUT2D eigenvalue weighted by atomic mass is 35.5. The largest absolute Gasteiger partial charge is 0.313 e. The quantitative estimate of drug-likeness (QED) is 0.844. The number of benzene rings is 1. The molecule has 0 fully saturated rings. The van der Waals surface area contributed by atoms with Crippen LogP contribution >= 0.6 is 22.9 Å². The van der Waals surface area contributed by atoms with Gasteiger partial charge in [0.25, 0.3) is 10.0 Å². The van der Waals surface area contributed by atoms with E-state index in [2.05, 4.69) is 15.0 Å². The van der Waals surface area contributed by atoms with Gasteiger partial charge in [-0.3, -0.25) is 4.72 Å². The van der Waals surface area contributed by atoms with Crippen molar-refractivity contribution in [3.05, 3.63) is 39.9 Å². The summed E-state index contributed by atoms with van der Waals surface area (Å²) in [6, 6.07) is 3.24. The van der Waals surface area contributed by atoms with E-state index in [0.29, 0.717) is 22.3 Å². The van der Waals surface area contributed by atoms with Crippen molar-refractivity contribution in [1.29, 1.82) is 0 Å². The Morgan fingerprint density at radius 3 is 2.76 bits per heavy atom. The third-order valence-corrected chi connectivity index (χ3v) is 5.44. The van der Waals surface area contributed by atoms with E-state index in [1.165, 1.54) is 17.4 Å². The molecule has 0 radical (unpaired) electrons. The zero-order chi connectivity index (χ0) is 15.5. The predicted octanol–water partition coefficient (Wildman–Crippen LogP) is 3.02. The van der Waals surface area contributed by atoms with Gasteiger partial charge >= 0.3 is 0 Å². The van der Waals surface area contributed by atoms with E-state index in [9.17, 15) is 8.42 Å². The van der Waals surface area contributed by atoms with Gasteiger partial charge in [-0.15, -0.1) is 11.3 Å². The summed E-state index contributed by atoms with van der Waals surface area (Å²) >= 11 is 7.28. The van der Waals surface area contributed by atoms with Crippen LogP contribution in [0.15, 0.2) is 28.6 Å². The Balaban J connectivity index is 2.40. The van der Waals surface area contributed by atoms with Crippen LogP contribution in [0.2, 0.25) is 5.02 Å². The highest BCUT2D eigenvalue weighted by Gasteiger charge is 2.20. The van der Waals surface area contributed by atoms with Gasteiger partial charge in [-0.1, -0.05) is 18.5 Å². The number of hydrogen-bond donors (Lipinski definition) is 2. The second-order valence-electron chi connectivity index (χ2n) is 4.41. The number of hydrogen-bond acceptors (Lipinski definition) is 5.